The predicted molar refractivity (Wildman–Crippen MR) is 127 cm³/mol. The molecule has 4 nitrogen and oxygen atoms in total. The van der Waals surface area contributed by atoms with Crippen molar-refractivity contribution < 1.29 is 18.0 Å². The third-order valence-electron chi connectivity index (χ3n) is 5.01. The molecule has 0 radical (unpaired) electrons. The Morgan fingerprint density at radius 3 is 2.12 bits per heavy atom. The van der Waals surface area contributed by atoms with Gasteiger partial charge in [0, 0.05) is 33.3 Å². The number of halogens is 6. The Hall–Kier alpha value is -3.00. The first kappa shape index (κ1) is 24.1. The Balaban J connectivity index is 1.62. The van der Waals surface area contributed by atoms with Crippen LogP contribution < -0.4 is 5.32 Å². The van der Waals surface area contributed by atoms with E-state index in [4.69, 9.17) is 34.8 Å². The Morgan fingerprint density at radius 2 is 1.50 bits per heavy atom. The van der Waals surface area contributed by atoms with Crippen molar-refractivity contribution in [2.45, 2.75) is 12.7 Å². The van der Waals surface area contributed by atoms with Gasteiger partial charge in [0.25, 0.3) is 5.91 Å². The fourth-order valence-corrected chi connectivity index (χ4v) is 4.04. The molecule has 174 valence electrons. The van der Waals surface area contributed by atoms with Crippen molar-refractivity contribution >= 4 is 40.7 Å². The van der Waals surface area contributed by atoms with E-state index in [1.165, 1.54) is 12.1 Å². The highest BCUT2D eigenvalue weighted by atomic mass is 35.5. The fourth-order valence-electron chi connectivity index (χ4n) is 3.30. The van der Waals surface area contributed by atoms with Crippen molar-refractivity contribution in [3.05, 3.63) is 105 Å². The molecule has 0 saturated carbocycles. The maximum atomic E-state index is 13.4. The first-order valence-electron chi connectivity index (χ1n) is 9.89. The van der Waals surface area contributed by atoms with Gasteiger partial charge in [0.2, 0.25) is 0 Å². The largest absolute Gasteiger partial charge is 0.435 e. The molecule has 0 spiro atoms. The van der Waals surface area contributed by atoms with E-state index in [2.05, 4.69) is 10.4 Å². The highest BCUT2D eigenvalue weighted by molar-refractivity contribution is 6.36. The Kier molecular flexibility index (Phi) is 6.89. The molecule has 0 unspecified atom stereocenters. The second-order valence-corrected chi connectivity index (χ2v) is 8.46. The normalized spacial score (nSPS) is 11.5. The van der Waals surface area contributed by atoms with Crippen LogP contribution in [0.4, 0.5) is 13.2 Å². The summed E-state index contributed by atoms with van der Waals surface area (Å²) in [7, 11) is 0. The summed E-state index contributed by atoms with van der Waals surface area (Å²) in [5.41, 5.74) is 0.740. The van der Waals surface area contributed by atoms with Gasteiger partial charge in [-0.1, -0.05) is 65.1 Å². The number of hydrogen-bond donors (Lipinski definition) is 1. The second-order valence-electron chi connectivity index (χ2n) is 7.24. The first-order valence-corrected chi connectivity index (χ1v) is 11.0. The number of amides is 1. The number of benzene rings is 3. The highest BCUT2D eigenvalue weighted by Gasteiger charge is 2.35. The summed E-state index contributed by atoms with van der Waals surface area (Å²) < 4.78 is 41.3. The van der Waals surface area contributed by atoms with Crippen LogP contribution in [0.3, 0.4) is 0 Å². The molecule has 3 aromatic carbocycles. The number of para-hydroxylation sites is 1. The third kappa shape index (κ3) is 5.06. The van der Waals surface area contributed by atoms with Gasteiger partial charge in [-0.25, -0.2) is 4.68 Å². The smallest absolute Gasteiger partial charge is 0.348 e. The topological polar surface area (TPSA) is 46.9 Å². The molecule has 0 aliphatic carbocycles. The summed E-state index contributed by atoms with van der Waals surface area (Å²) in [5.74, 6) is -0.391. The summed E-state index contributed by atoms with van der Waals surface area (Å²) in [6.45, 7) is 0.118. The molecule has 0 aliphatic heterocycles. The Morgan fingerprint density at radius 1 is 0.882 bits per heavy atom. The quantitative estimate of drug-likeness (QED) is 0.295. The van der Waals surface area contributed by atoms with Gasteiger partial charge in [0.15, 0.2) is 5.69 Å². The van der Waals surface area contributed by atoms with Crippen LogP contribution >= 0.6 is 34.8 Å². The zero-order chi connectivity index (χ0) is 24.5. The van der Waals surface area contributed by atoms with Gasteiger partial charge in [-0.3, -0.25) is 4.79 Å². The van der Waals surface area contributed by atoms with Gasteiger partial charge in [-0.15, -0.1) is 0 Å². The lowest BCUT2D eigenvalue weighted by Crippen LogP contribution is -2.23. The standard InChI is InChI=1S/C24H15Cl3F3N3O/c25-17-5-3-6-18(26)16(17)13-31-23(34)15-10-8-14(9-11-15)21-12-22(24(28,29)30)32-33(21)20-7-2-1-4-19(20)27/h1-12H,13H2,(H,31,34). The van der Waals surface area contributed by atoms with E-state index in [9.17, 15) is 18.0 Å². The van der Waals surface area contributed by atoms with Crippen molar-refractivity contribution in [2.75, 3.05) is 0 Å². The number of alkyl halides is 3. The zero-order valence-electron chi connectivity index (χ0n) is 17.2. The van der Waals surface area contributed by atoms with Crippen molar-refractivity contribution in [1.29, 1.82) is 0 Å². The van der Waals surface area contributed by atoms with Crippen LogP contribution in [0, 0.1) is 0 Å². The predicted octanol–water partition coefficient (Wildman–Crippen LogP) is 7.45. The lowest BCUT2D eigenvalue weighted by Gasteiger charge is -2.11. The number of aromatic nitrogens is 2. The van der Waals surface area contributed by atoms with Crippen LogP contribution in [0.5, 0.6) is 0 Å². The Bertz CT molecular complexity index is 1330. The molecule has 0 fully saturated rings. The monoisotopic (exact) mass is 523 g/mol. The molecule has 0 bridgehead atoms. The molecule has 0 saturated heterocycles. The van der Waals surface area contributed by atoms with Gasteiger partial charge in [0.1, 0.15) is 0 Å². The lowest BCUT2D eigenvalue weighted by atomic mass is 10.1. The van der Waals surface area contributed by atoms with E-state index in [0.717, 1.165) is 10.7 Å². The summed E-state index contributed by atoms with van der Waals surface area (Å²) in [5, 5.41) is 7.56. The maximum Gasteiger partial charge on any atom is 0.435 e. The maximum absolute atomic E-state index is 13.4. The minimum Gasteiger partial charge on any atom is -0.348 e. The van der Waals surface area contributed by atoms with Gasteiger partial charge in [-0.05, 0) is 42.5 Å². The van der Waals surface area contributed by atoms with E-state index in [-0.39, 0.29) is 17.3 Å². The minimum absolute atomic E-state index is 0.118. The van der Waals surface area contributed by atoms with Crippen LogP contribution in [0.1, 0.15) is 21.6 Å². The second kappa shape index (κ2) is 9.70. The van der Waals surface area contributed by atoms with Crippen LogP contribution in [-0.4, -0.2) is 15.7 Å². The summed E-state index contributed by atoms with van der Waals surface area (Å²) in [4.78, 5) is 12.6. The number of nitrogens with zero attached hydrogens (tertiary/aromatic N) is 2. The van der Waals surface area contributed by atoms with E-state index in [0.29, 0.717) is 32.4 Å². The first-order chi connectivity index (χ1) is 16.1. The van der Waals surface area contributed by atoms with Gasteiger partial charge < -0.3 is 5.32 Å². The highest BCUT2D eigenvalue weighted by Crippen LogP contribution is 2.34. The molecule has 34 heavy (non-hydrogen) atoms. The zero-order valence-corrected chi connectivity index (χ0v) is 19.5. The molecule has 10 heteroatoms. The van der Waals surface area contributed by atoms with Crippen molar-refractivity contribution in [3.63, 3.8) is 0 Å². The van der Waals surface area contributed by atoms with Gasteiger partial charge in [0.05, 0.1) is 16.4 Å². The molecule has 1 N–H and O–H groups in total. The summed E-state index contributed by atoms with van der Waals surface area (Å²) in [6, 6.07) is 18.5. The average Bonchev–Trinajstić information content (AvgIpc) is 3.25. The molecule has 0 atom stereocenters. The van der Waals surface area contributed by atoms with E-state index in [1.54, 1.807) is 54.6 Å². The molecule has 4 aromatic rings. The molecular weight excluding hydrogens is 510 g/mol. The van der Waals surface area contributed by atoms with Gasteiger partial charge in [-0.2, -0.15) is 18.3 Å². The van der Waals surface area contributed by atoms with Crippen molar-refractivity contribution in [3.8, 4) is 16.9 Å². The summed E-state index contributed by atoms with van der Waals surface area (Å²) >= 11 is 18.5. The number of nitrogens with one attached hydrogen (secondary N) is 1. The van der Waals surface area contributed by atoms with Crippen LogP contribution in [0.15, 0.2) is 72.8 Å². The van der Waals surface area contributed by atoms with Gasteiger partial charge >= 0.3 is 6.18 Å². The van der Waals surface area contributed by atoms with Crippen molar-refractivity contribution in [2.24, 2.45) is 0 Å². The number of carbonyl (C=O) groups is 1. The molecule has 1 heterocycles. The molecule has 0 aliphatic rings. The molecule has 1 amide bonds. The Labute approximate surface area is 207 Å². The van der Waals surface area contributed by atoms with E-state index >= 15 is 0 Å². The van der Waals surface area contributed by atoms with Crippen molar-refractivity contribution in [1.82, 2.24) is 15.1 Å². The van der Waals surface area contributed by atoms with Crippen LogP contribution in [0.2, 0.25) is 15.1 Å². The van der Waals surface area contributed by atoms with Crippen LogP contribution in [0.25, 0.3) is 16.9 Å². The average molecular weight is 525 g/mol. The van der Waals surface area contributed by atoms with E-state index in [1.807, 2.05) is 0 Å². The lowest BCUT2D eigenvalue weighted by molar-refractivity contribution is -0.141. The molecule has 4 rings (SSSR count). The molecule has 1 aromatic heterocycles. The third-order valence-corrected chi connectivity index (χ3v) is 6.04. The SMILES string of the molecule is O=C(NCc1c(Cl)cccc1Cl)c1ccc(-c2cc(C(F)(F)F)nn2-c2ccccc2Cl)cc1. The van der Waals surface area contributed by atoms with Crippen LogP contribution in [-0.2, 0) is 12.7 Å². The summed E-state index contributed by atoms with van der Waals surface area (Å²) in [6.07, 6.45) is -4.64. The number of hydrogen-bond acceptors (Lipinski definition) is 2. The fraction of sp³-hybridized carbons (Fsp3) is 0.0833. The number of carbonyl (C=O) groups excluding carboxylic acids is 1. The molecular formula is C24H15Cl3F3N3O. The number of rotatable bonds is 5. The minimum atomic E-state index is -4.64. The van der Waals surface area contributed by atoms with E-state index < -0.39 is 17.8 Å².